The molecule has 0 bridgehead atoms. The molecule has 1 aromatic carbocycles. The predicted molar refractivity (Wildman–Crippen MR) is 85.4 cm³/mol. The molecule has 1 heterocycles. The molecule has 1 saturated carbocycles. The van der Waals surface area contributed by atoms with Crippen LogP contribution in [0.25, 0.3) is 11.1 Å². The summed E-state index contributed by atoms with van der Waals surface area (Å²) in [5.41, 5.74) is 9.46. The van der Waals surface area contributed by atoms with E-state index in [1.165, 1.54) is 44.2 Å². The first-order chi connectivity index (χ1) is 10.3. The Bertz CT molecular complexity index is 598. The van der Waals surface area contributed by atoms with Crippen LogP contribution in [0.4, 0.5) is 5.82 Å². The number of aromatic nitrogens is 2. The van der Waals surface area contributed by atoms with Crippen molar-refractivity contribution in [3.63, 3.8) is 0 Å². The molecule has 21 heavy (non-hydrogen) atoms. The zero-order valence-corrected chi connectivity index (χ0v) is 12.6. The summed E-state index contributed by atoms with van der Waals surface area (Å²) in [5.74, 6) is 1.97. The first-order valence-corrected chi connectivity index (χ1v) is 7.77. The largest absolute Gasteiger partial charge is 0.497 e. The van der Waals surface area contributed by atoms with Gasteiger partial charge in [-0.3, -0.25) is 5.10 Å². The van der Waals surface area contributed by atoms with Crippen LogP contribution in [0.1, 0.15) is 50.1 Å². The van der Waals surface area contributed by atoms with Crippen molar-refractivity contribution in [3.8, 4) is 16.9 Å². The van der Waals surface area contributed by atoms with E-state index in [4.69, 9.17) is 10.5 Å². The molecule has 1 aliphatic carbocycles. The molecule has 112 valence electrons. The van der Waals surface area contributed by atoms with Gasteiger partial charge in [-0.2, -0.15) is 5.10 Å². The van der Waals surface area contributed by atoms with Gasteiger partial charge < -0.3 is 10.5 Å². The van der Waals surface area contributed by atoms with Crippen molar-refractivity contribution in [1.29, 1.82) is 0 Å². The fourth-order valence-corrected chi connectivity index (χ4v) is 3.32. The molecule has 4 nitrogen and oxygen atoms in total. The van der Waals surface area contributed by atoms with E-state index in [0.29, 0.717) is 11.7 Å². The van der Waals surface area contributed by atoms with Gasteiger partial charge in [-0.1, -0.05) is 37.8 Å². The van der Waals surface area contributed by atoms with E-state index >= 15 is 0 Å². The normalized spacial score (nSPS) is 16.6. The number of nitrogens with one attached hydrogen (secondary N) is 1. The molecule has 1 aromatic heterocycles. The van der Waals surface area contributed by atoms with Gasteiger partial charge in [0.2, 0.25) is 0 Å². The number of hydrogen-bond acceptors (Lipinski definition) is 3. The zero-order valence-electron chi connectivity index (χ0n) is 12.6. The quantitative estimate of drug-likeness (QED) is 0.834. The lowest BCUT2D eigenvalue weighted by Gasteiger charge is -2.15. The van der Waals surface area contributed by atoms with Gasteiger partial charge in [0.05, 0.1) is 7.11 Å². The van der Waals surface area contributed by atoms with Crippen molar-refractivity contribution >= 4 is 5.82 Å². The highest BCUT2D eigenvalue weighted by Gasteiger charge is 2.22. The molecule has 0 amide bonds. The van der Waals surface area contributed by atoms with Crippen LogP contribution in [0, 0.1) is 0 Å². The Kier molecular flexibility index (Phi) is 4.13. The molecular weight excluding hydrogens is 262 g/mol. The third-order valence-corrected chi connectivity index (χ3v) is 4.44. The van der Waals surface area contributed by atoms with E-state index in [9.17, 15) is 0 Å². The second-order valence-corrected chi connectivity index (χ2v) is 5.82. The highest BCUT2D eigenvalue weighted by atomic mass is 16.5. The predicted octanol–water partition coefficient (Wildman–Crippen LogP) is 4.11. The first-order valence-electron chi connectivity index (χ1n) is 7.77. The van der Waals surface area contributed by atoms with Crippen LogP contribution in [-0.4, -0.2) is 17.3 Å². The first kappa shape index (κ1) is 14.0. The Morgan fingerprint density at radius 3 is 2.67 bits per heavy atom. The maximum Gasteiger partial charge on any atom is 0.153 e. The van der Waals surface area contributed by atoms with E-state index in [1.54, 1.807) is 7.11 Å². The Morgan fingerprint density at radius 2 is 1.95 bits per heavy atom. The minimum absolute atomic E-state index is 0.540. The molecule has 4 heteroatoms. The van der Waals surface area contributed by atoms with Crippen molar-refractivity contribution in [2.75, 3.05) is 12.8 Å². The summed E-state index contributed by atoms with van der Waals surface area (Å²) in [6.45, 7) is 0. The number of methoxy groups -OCH3 is 1. The molecule has 2 aromatic rings. The summed E-state index contributed by atoms with van der Waals surface area (Å²) in [4.78, 5) is 0. The van der Waals surface area contributed by atoms with Gasteiger partial charge in [0, 0.05) is 17.2 Å². The van der Waals surface area contributed by atoms with Crippen molar-refractivity contribution in [1.82, 2.24) is 10.2 Å². The summed E-state index contributed by atoms with van der Waals surface area (Å²) < 4.78 is 5.33. The Labute approximate surface area is 125 Å². The molecule has 3 rings (SSSR count). The van der Waals surface area contributed by atoms with Crippen molar-refractivity contribution < 1.29 is 4.74 Å². The summed E-state index contributed by atoms with van der Waals surface area (Å²) in [6.07, 6.45) is 7.71. The van der Waals surface area contributed by atoms with Gasteiger partial charge in [-0.15, -0.1) is 0 Å². The molecule has 0 saturated heterocycles. The highest BCUT2D eigenvalue weighted by Crippen LogP contribution is 2.39. The van der Waals surface area contributed by atoms with Crippen LogP contribution < -0.4 is 10.5 Å². The number of nitrogens with two attached hydrogens (primary N) is 1. The average Bonchev–Trinajstić information content (AvgIpc) is 2.74. The third kappa shape index (κ3) is 2.89. The summed E-state index contributed by atoms with van der Waals surface area (Å²) in [5, 5.41) is 7.46. The monoisotopic (exact) mass is 285 g/mol. The average molecular weight is 285 g/mol. The van der Waals surface area contributed by atoms with Crippen LogP contribution in [0.15, 0.2) is 24.3 Å². The Hall–Kier alpha value is -1.97. The number of ether oxygens (including phenoxy) is 1. The number of nitrogen functional groups attached to an aromatic ring is 1. The Balaban J connectivity index is 1.99. The SMILES string of the molecule is COc1cccc(-c2c(N)n[nH]c2C2CCCCCC2)c1. The van der Waals surface area contributed by atoms with Gasteiger partial charge in [-0.25, -0.2) is 0 Å². The fourth-order valence-electron chi connectivity index (χ4n) is 3.32. The van der Waals surface area contributed by atoms with E-state index in [0.717, 1.165) is 16.9 Å². The number of anilines is 1. The van der Waals surface area contributed by atoms with Gasteiger partial charge in [0.1, 0.15) is 5.75 Å². The second-order valence-electron chi connectivity index (χ2n) is 5.82. The lowest BCUT2D eigenvalue weighted by molar-refractivity contribution is 0.415. The van der Waals surface area contributed by atoms with Crippen molar-refractivity contribution in [2.24, 2.45) is 0 Å². The van der Waals surface area contributed by atoms with Crippen molar-refractivity contribution in [2.45, 2.75) is 44.4 Å². The van der Waals surface area contributed by atoms with Gasteiger partial charge in [0.15, 0.2) is 5.82 Å². The number of benzene rings is 1. The number of nitrogens with zero attached hydrogens (tertiary/aromatic N) is 1. The highest BCUT2D eigenvalue weighted by molar-refractivity contribution is 5.77. The molecule has 1 aliphatic rings. The maximum absolute atomic E-state index is 6.13. The zero-order chi connectivity index (χ0) is 14.7. The number of hydrogen-bond donors (Lipinski definition) is 2. The lowest BCUT2D eigenvalue weighted by atomic mass is 9.91. The minimum atomic E-state index is 0.540. The molecule has 0 spiro atoms. The molecule has 0 radical (unpaired) electrons. The number of aromatic amines is 1. The standard InChI is InChI=1S/C17H23N3O/c1-21-14-10-6-9-13(11-14)15-16(19-20-17(15)18)12-7-4-2-3-5-8-12/h6,9-12H,2-5,7-8H2,1H3,(H3,18,19,20). The van der Waals surface area contributed by atoms with E-state index in [2.05, 4.69) is 16.3 Å². The van der Waals surface area contributed by atoms with Gasteiger partial charge in [-0.05, 0) is 30.5 Å². The van der Waals surface area contributed by atoms with Gasteiger partial charge in [0.25, 0.3) is 0 Å². The molecular formula is C17H23N3O. The van der Waals surface area contributed by atoms with E-state index in [1.807, 2.05) is 18.2 Å². The Morgan fingerprint density at radius 1 is 1.19 bits per heavy atom. The number of rotatable bonds is 3. The van der Waals surface area contributed by atoms with Gasteiger partial charge >= 0.3 is 0 Å². The molecule has 1 fully saturated rings. The summed E-state index contributed by atoms with van der Waals surface area (Å²) >= 11 is 0. The van der Waals surface area contributed by atoms with E-state index < -0.39 is 0 Å². The van der Waals surface area contributed by atoms with Crippen LogP contribution in [0.2, 0.25) is 0 Å². The fraction of sp³-hybridized carbons (Fsp3) is 0.471. The topological polar surface area (TPSA) is 63.9 Å². The summed E-state index contributed by atoms with van der Waals surface area (Å²) in [7, 11) is 1.68. The summed E-state index contributed by atoms with van der Waals surface area (Å²) in [6, 6.07) is 8.05. The smallest absolute Gasteiger partial charge is 0.153 e. The molecule has 0 atom stereocenters. The van der Waals surface area contributed by atoms with Crippen LogP contribution >= 0.6 is 0 Å². The second kappa shape index (κ2) is 6.20. The molecule has 0 aliphatic heterocycles. The van der Waals surface area contributed by atoms with Crippen LogP contribution in [-0.2, 0) is 0 Å². The molecule has 3 N–H and O–H groups in total. The molecule has 0 unspecified atom stereocenters. The van der Waals surface area contributed by atoms with Crippen molar-refractivity contribution in [3.05, 3.63) is 30.0 Å². The number of H-pyrrole nitrogens is 1. The lowest BCUT2D eigenvalue weighted by Crippen LogP contribution is -2.00. The third-order valence-electron chi connectivity index (χ3n) is 4.44. The van der Waals surface area contributed by atoms with Crippen LogP contribution in [0.3, 0.4) is 0 Å². The maximum atomic E-state index is 6.13. The van der Waals surface area contributed by atoms with E-state index in [-0.39, 0.29) is 0 Å². The van der Waals surface area contributed by atoms with Crippen LogP contribution in [0.5, 0.6) is 5.75 Å². The minimum Gasteiger partial charge on any atom is -0.497 e.